The molecule has 1 heterocycles. The Hall–Kier alpha value is -1.94. The van der Waals surface area contributed by atoms with Gasteiger partial charge in [0.1, 0.15) is 10.8 Å². The molecule has 3 nitrogen and oxygen atoms in total. The zero-order valence-corrected chi connectivity index (χ0v) is 11.9. The Balaban J connectivity index is 2.16. The number of thiocarbonyl (C=S) groups is 1. The molecule has 0 aliphatic heterocycles. The topological polar surface area (TPSA) is 50.9 Å². The largest absolute Gasteiger partial charge is 0.389 e. The molecule has 2 rings (SSSR count). The van der Waals surface area contributed by atoms with E-state index in [0.29, 0.717) is 4.99 Å². The van der Waals surface area contributed by atoms with Crippen LogP contribution >= 0.6 is 12.2 Å². The van der Waals surface area contributed by atoms with Gasteiger partial charge in [0.05, 0.1) is 5.69 Å². The summed E-state index contributed by atoms with van der Waals surface area (Å²) in [5.74, 6) is 0.846. The zero-order valence-electron chi connectivity index (χ0n) is 11.1. The predicted octanol–water partition coefficient (Wildman–Crippen LogP) is 2.94. The van der Waals surface area contributed by atoms with Crippen molar-refractivity contribution in [3.8, 4) is 0 Å². The molecule has 0 amide bonds. The lowest BCUT2D eigenvalue weighted by atomic mass is 10.1. The second-order valence-corrected chi connectivity index (χ2v) is 4.93. The maximum atomic E-state index is 5.70. The number of aromatic nitrogens is 1. The first-order valence-electron chi connectivity index (χ1n) is 6.14. The molecular formula is C15H17N3S. The second kappa shape index (κ2) is 5.80. The molecule has 1 aromatic heterocycles. The summed E-state index contributed by atoms with van der Waals surface area (Å²) >= 11 is 5.04. The highest BCUT2D eigenvalue weighted by Crippen LogP contribution is 2.17. The smallest absolute Gasteiger partial charge is 0.126 e. The van der Waals surface area contributed by atoms with Crippen molar-refractivity contribution >= 4 is 23.0 Å². The maximum Gasteiger partial charge on any atom is 0.126 e. The molecule has 0 atom stereocenters. The van der Waals surface area contributed by atoms with Crippen molar-refractivity contribution in [3.05, 3.63) is 58.8 Å². The van der Waals surface area contributed by atoms with Gasteiger partial charge >= 0.3 is 0 Å². The molecule has 98 valence electrons. The summed E-state index contributed by atoms with van der Waals surface area (Å²) in [6, 6.07) is 12.2. The van der Waals surface area contributed by atoms with E-state index in [-0.39, 0.29) is 0 Å². The highest BCUT2D eigenvalue weighted by atomic mass is 32.1. The number of aryl methyl sites for hydroxylation is 2. The van der Waals surface area contributed by atoms with E-state index in [1.54, 1.807) is 0 Å². The second-order valence-electron chi connectivity index (χ2n) is 4.49. The maximum absolute atomic E-state index is 5.70. The van der Waals surface area contributed by atoms with Crippen molar-refractivity contribution < 1.29 is 0 Å². The van der Waals surface area contributed by atoms with Gasteiger partial charge in [0.25, 0.3) is 0 Å². The van der Waals surface area contributed by atoms with Crippen molar-refractivity contribution in [2.45, 2.75) is 20.4 Å². The van der Waals surface area contributed by atoms with Crippen LogP contribution in [0.2, 0.25) is 0 Å². The summed E-state index contributed by atoms with van der Waals surface area (Å²) in [4.78, 5) is 4.89. The van der Waals surface area contributed by atoms with Gasteiger partial charge in [-0.15, -0.1) is 0 Å². The standard InChI is InChI=1S/C15H17N3S/c1-10-8-13(18-11(2)14(10)15(16)19)17-9-12-6-4-3-5-7-12/h3-8H,9H2,1-2H3,(H2,16,19)(H,17,18). The lowest BCUT2D eigenvalue weighted by molar-refractivity contribution is 1.08. The number of rotatable bonds is 4. The van der Waals surface area contributed by atoms with Crippen LogP contribution in [-0.4, -0.2) is 9.97 Å². The Morgan fingerprint density at radius 2 is 1.95 bits per heavy atom. The minimum absolute atomic E-state index is 0.400. The quantitative estimate of drug-likeness (QED) is 0.839. The number of benzene rings is 1. The molecule has 4 heteroatoms. The fourth-order valence-electron chi connectivity index (χ4n) is 2.08. The first-order chi connectivity index (χ1) is 9.08. The molecule has 3 N–H and O–H groups in total. The minimum atomic E-state index is 0.400. The summed E-state index contributed by atoms with van der Waals surface area (Å²) in [5.41, 5.74) is 9.71. The van der Waals surface area contributed by atoms with Gasteiger partial charge in [-0.2, -0.15) is 0 Å². The van der Waals surface area contributed by atoms with Crippen molar-refractivity contribution in [1.29, 1.82) is 0 Å². The van der Waals surface area contributed by atoms with E-state index < -0.39 is 0 Å². The number of hydrogen-bond acceptors (Lipinski definition) is 3. The molecule has 0 spiro atoms. The third kappa shape index (κ3) is 3.29. The number of nitrogens with zero attached hydrogens (tertiary/aromatic N) is 1. The van der Waals surface area contributed by atoms with Crippen molar-refractivity contribution in [1.82, 2.24) is 4.98 Å². The van der Waals surface area contributed by atoms with Crippen molar-refractivity contribution in [2.24, 2.45) is 5.73 Å². The lowest BCUT2D eigenvalue weighted by Gasteiger charge is -2.12. The van der Waals surface area contributed by atoms with Crippen LogP contribution in [-0.2, 0) is 6.54 Å². The number of nitrogens with one attached hydrogen (secondary N) is 1. The van der Waals surface area contributed by atoms with E-state index >= 15 is 0 Å². The summed E-state index contributed by atoms with van der Waals surface area (Å²) < 4.78 is 0. The minimum Gasteiger partial charge on any atom is -0.389 e. The van der Waals surface area contributed by atoms with Gasteiger partial charge in [-0.1, -0.05) is 42.5 Å². The molecule has 0 fully saturated rings. The average Bonchev–Trinajstić information content (AvgIpc) is 2.36. The Bertz CT molecular complexity index is 571. The number of pyridine rings is 1. The van der Waals surface area contributed by atoms with E-state index in [0.717, 1.165) is 29.2 Å². The van der Waals surface area contributed by atoms with E-state index in [1.165, 1.54) is 5.56 Å². The monoisotopic (exact) mass is 271 g/mol. The van der Waals surface area contributed by atoms with Crippen LogP contribution in [0.15, 0.2) is 36.4 Å². The summed E-state index contributed by atoms with van der Waals surface area (Å²) in [6.07, 6.45) is 0. The van der Waals surface area contributed by atoms with E-state index in [9.17, 15) is 0 Å². The van der Waals surface area contributed by atoms with Crippen LogP contribution in [0.5, 0.6) is 0 Å². The van der Waals surface area contributed by atoms with Gasteiger partial charge in [0, 0.05) is 12.1 Å². The molecule has 0 unspecified atom stereocenters. The molecule has 0 radical (unpaired) electrons. The predicted molar refractivity (Wildman–Crippen MR) is 83.4 cm³/mol. The fraction of sp³-hybridized carbons (Fsp3) is 0.200. The normalized spacial score (nSPS) is 10.2. The third-order valence-corrected chi connectivity index (χ3v) is 3.16. The fourth-order valence-corrected chi connectivity index (χ4v) is 2.39. The molecule has 0 aliphatic rings. The molecule has 0 aliphatic carbocycles. The Morgan fingerprint density at radius 1 is 1.26 bits per heavy atom. The molecular weight excluding hydrogens is 254 g/mol. The molecule has 1 aromatic carbocycles. The van der Waals surface area contributed by atoms with Gasteiger partial charge in [-0.25, -0.2) is 4.98 Å². The number of anilines is 1. The highest BCUT2D eigenvalue weighted by molar-refractivity contribution is 7.80. The molecule has 2 aromatic rings. The van der Waals surface area contributed by atoms with Crippen molar-refractivity contribution in [2.75, 3.05) is 5.32 Å². The first kappa shape index (κ1) is 13.5. The molecule has 0 saturated carbocycles. The Labute approximate surface area is 118 Å². The summed E-state index contributed by atoms with van der Waals surface area (Å²) in [5, 5.41) is 3.31. The van der Waals surface area contributed by atoms with E-state index in [1.807, 2.05) is 38.1 Å². The van der Waals surface area contributed by atoms with Gasteiger partial charge in [-0.05, 0) is 31.0 Å². The first-order valence-corrected chi connectivity index (χ1v) is 6.54. The van der Waals surface area contributed by atoms with E-state index in [4.69, 9.17) is 18.0 Å². The van der Waals surface area contributed by atoms with Gasteiger partial charge < -0.3 is 11.1 Å². The van der Waals surface area contributed by atoms with Gasteiger partial charge in [-0.3, -0.25) is 0 Å². The Kier molecular flexibility index (Phi) is 4.12. The molecule has 19 heavy (non-hydrogen) atoms. The van der Waals surface area contributed by atoms with Crippen LogP contribution in [0.1, 0.15) is 22.4 Å². The highest BCUT2D eigenvalue weighted by Gasteiger charge is 2.08. The van der Waals surface area contributed by atoms with Crippen LogP contribution in [0, 0.1) is 13.8 Å². The Morgan fingerprint density at radius 3 is 2.53 bits per heavy atom. The van der Waals surface area contributed by atoms with Crippen LogP contribution in [0.3, 0.4) is 0 Å². The van der Waals surface area contributed by atoms with Crippen LogP contribution in [0.25, 0.3) is 0 Å². The number of nitrogens with two attached hydrogens (primary N) is 1. The van der Waals surface area contributed by atoms with E-state index in [2.05, 4.69) is 22.4 Å². The SMILES string of the molecule is Cc1cc(NCc2ccccc2)nc(C)c1C(N)=S. The number of hydrogen-bond donors (Lipinski definition) is 2. The molecule has 0 bridgehead atoms. The van der Waals surface area contributed by atoms with Crippen LogP contribution in [0.4, 0.5) is 5.82 Å². The van der Waals surface area contributed by atoms with Gasteiger partial charge in [0.2, 0.25) is 0 Å². The molecule has 0 saturated heterocycles. The summed E-state index contributed by atoms with van der Waals surface area (Å²) in [6.45, 7) is 4.67. The van der Waals surface area contributed by atoms with Crippen LogP contribution < -0.4 is 11.1 Å². The zero-order chi connectivity index (χ0) is 13.8. The average molecular weight is 271 g/mol. The van der Waals surface area contributed by atoms with Gasteiger partial charge in [0.15, 0.2) is 0 Å². The third-order valence-electron chi connectivity index (χ3n) is 2.96. The van der Waals surface area contributed by atoms with Crippen molar-refractivity contribution in [3.63, 3.8) is 0 Å². The lowest BCUT2D eigenvalue weighted by Crippen LogP contribution is -2.15. The summed E-state index contributed by atoms with van der Waals surface area (Å²) in [7, 11) is 0.